The number of alkyl halides is 1. The van der Waals surface area contributed by atoms with Gasteiger partial charge in [-0.05, 0) is 71.9 Å². The van der Waals surface area contributed by atoms with Crippen LogP contribution in [0, 0.1) is 12.3 Å². The molecule has 0 N–H and O–H groups in total. The highest BCUT2D eigenvalue weighted by Gasteiger charge is 2.43. The van der Waals surface area contributed by atoms with Gasteiger partial charge in [0.2, 0.25) is 9.84 Å². The van der Waals surface area contributed by atoms with Crippen LogP contribution in [0.5, 0.6) is 5.75 Å². The molecule has 0 aliphatic heterocycles. The number of sulfone groups is 1. The van der Waals surface area contributed by atoms with Crippen molar-refractivity contribution in [1.82, 2.24) is 0 Å². The van der Waals surface area contributed by atoms with Gasteiger partial charge in [0.15, 0.2) is 6.01 Å². The van der Waals surface area contributed by atoms with Crippen molar-refractivity contribution in [2.75, 3.05) is 13.1 Å². The van der Waals surface area contributed by atoms with Crippen molar-refractivity contribution in [2.45, 2.75) is 24.7 Å². The van der Waals surface area contributed by atoms with Crippen LogP contribution in [0.3, 0.4) is 0 Å². The molecule has 140 valence electrons. The van der Waals surface area contributed by atoms with E-state index in [1.165, 1.54) is 12.1 Å². The topological polar surface area (TPSA) is 43.4 Å². The Morgan fingerprint density at radius 2 is 1.59 bits per heavy atom. The minimum atomic E-state index is -3.84. The zero-order valence-corrected chi connectivity index (χ0v) is 16.1. The van der Waals surface area contributed by atoms with Crippen LogP contribution in [0.15, 0.2) is 59.5 Å². The second-order valence-corrected chi connectivity index (χ2v) is 9.20. The molecule has 2 aromatic carbocycles. The third-order valence-corrected chi connectivity index (χ3v) is 6.63. The number of rotatable bonds is 5. The summed E-state index contributed by atoms with van der Waals surface area (Å²) in [7, 11) is -2.18. The van der Waals surface area contributed by atoms with E-state index < -0.39 is 15.8 Å². The molecule has 1 spiro atoms. The molecule has 0 amide bonds. The molecule has 1 fully saturated rings. The number of benzene rings is 2. The van der Waals surface area contributed by atoms with Crippen LogP contribution in [0.1, 0.15) is 29.5 Å². The molecule has 0 bridgehead atoms. The van der Waals surface area contributed by atoms with Crippen LogP contribution in [0.25, 0.3) is 11.1 Å². The number of hydrogen-bond donors (Lipinski definition) is 0. The number of methoxy groups -OCH3 is 1. The molecule has 2 aliphatic carbocycles. The fraction of sp³-hybridized carbons (Fsp3) is 0.273. The largest absolute Gasteiger partial charge is 0.496 e. The van der Waals surface area contributed by atoms with Crippen molar-refractivity contribution in [2.24, 2.45) is 5.41 Å². The van der Waals surface area contributed by atoms with Gasteiger partial charge in [-0.3, -0.25) is 0 Å². The highest BCUT2D eigenvalue weighted by atomic mass is 32.2. The van der Waals surface area contributed by atoms with E-state index in [9.17, 15) is 12.8 Å². The lowest BCUT2D eigenvalue weighted by molar-refractivity contribution is 0.411. The maximum atomic E-state index is 12.7. The van der Waals surface area contributed by atoms with E-state index in [-0.39, 0.29) is 10.3 Å². The molecule has 5 heteroatoms. The molecule has 3 nitrogen and oxygen atoms in total. The van der Waals surface area contributed by atoms with E-state index in [1.54, 1.807) is 19.2 Å². The Hall–Kier alpha value is -2.40. The lowest BCUT2D eigenvalue weighted by Crippen LogP contribution is -2.02. The normalized spacial score (nSPS) is 17.6. The van der Waals surface area contributed by atoms with Crippen LogP contribution in [0.4, 0.5) is 4.39 Å². The van der Waals surface area contributed by atoms with Crippen LogP contribution in [0.2, 0.25) is 0 Å². The van der Waals surface area contributed by atoms with Gasteiger partial charge in [0.1, 0.15) is 5.75 Å². The first kappa shape index (κ1) is 18.0. The summed E-state index contributed by atoms with van der Waals surface area (Å²) >= 11 is 0. The number of hydrogen-bond acceptors (Lipinski definition) is 3. The summed E-state index contributed by atoms with van der Waals surface area (Å²) in [6.45, 7) is 2.02. The summed E-state index contributed by atoms with van der Waals surface area (Å²) < 4.78 is 41.5. The van der Waals surface area contributed by atoms with E-state index in [2.05, 4.69) is 24.3 Å². The molecule has 4 rings (SSSR count). The Kier molecular flexibility index (Phi) is 4.22. The summed E-state index contributed by atoms with van der Waals surface area (Å²) in [5, 5.41) is 0. The molecule has 2 aliphatic rings. The minimum Gasteiger partial charge on any atom is -0.496 e. The number of ether oxygens (including phenoxy) is 1. The van der Waals surface area contributed by atoms with Gasteiger partial charge in [0.05, 0.1) is 12.0 Å². The fourth-order valence-corrected chi connectivity index (χ4v) is 4.31. The van der Waals surface area contributed by atoms with E-state index in [4.69, 9.17) is 4.74 Å². The Morgan fingerprint density at radius 3 is 2.11 bits per heavy atom. The lowest BCUT2D eigenvalue weighted by Gasteiger charge is -2.12. The third kappa shape index (κ3) is 3.21. The van der Waals surface area contributed by atoms with E-state index >= 15 is 0 Å². The number of aryl methyl sites for hydroxylation is 1. The summed E-state index contributed by atoms with van der Waals surface area (Å²) in [6, 6.07) is 11.3. The van der Waals surface area contributed by atoms with Gasteiger partial charge in [0.25, 0.3) is 0 Å². The highest BCUT2D eigenvalue weighted by molar-refractivity contribution is 7.91. The Bertz CT molecular complexity index is 1060. The van der Waals surface area contributed by atoms with Gasteiger partial charge in [-0.2, -0.15) is 0 Å². The van der Waals surface area contributed by atoms with Gasteiger partial charge in [-0.15, -0.1) is 0 Å². The molecule has 0 atom stereocenters. The van der Waals surface area contributed by atoms with Crippen molar-refractivity contribution in [1.29, 1.82) is 0 Å². The van der Waals surface area contributed by atoms with Gasteiger partial charge in [-0.25, -0.2) is 12.8 Å². The standard InChI is InChI=1S/C22H21FO3S/c1-15-11-17(5-8-21(15)26-2)20-13-22(9-10-22)12-19(20)16-3-6-18(7-4-16)27(24,25)14-23/h3-8,11-13H,9-10,14H2,1-2H3. The highest BCUT2D eigenvalue weighted by Crippen LogP contribution is 2.57. The van der Waals surface area contributed by atoms with Crippen molar-refractivity contribution < 1.29 is 17.5 Å². The van der Waals surface area contributed by atoms with Crippen LogP contribution in [-0.4, -0.2) is 21.5 Å². The first-order chi connectivity index (χ1) is 12.9. The van der Waals surface area contributed by atoms with Crippen molar-refractivity contribution in [3.8, 4) is 5.75 Å². The van der Waals surface area contributed by atoms with Gasteiger partial charge in [-0.1, -0.05) is 30.4 Å². The van der Waals surface area contributed by atoms with Crippen LogP contribution >= 0.6 is 0 Å². The average Bonchev–Trinajstić information content (AvgIpc) is 3.32. The second kappa shape index (κ2) is 6.34. The minimum absolute atomic E-state index is 0.0132. The predicted octanol–water partition coefficient (Wildman–Crippen LogP) is 4.97. The summed E-state index contributed by atoms with van der Waals surface area (Å²) in [6.07, 6.45) is 6.85. The summed E-state index contributed by atoms with van der Waals surface area (Å²) in [5.41, 5.74) is 5.50. The maximum Gasteiger partial charge on any atom is 0.207 e. The van der Waals surface area contributed by atoms with E-state index in [0.717, 1.165) is 46.4 Å². The lowest BCUT2D eigenvalue weighted by atomic mass is 9.94. The summed E-state index contributed by atoms with van der Waals surface area (Å²) in [4.78, 5) is 0.0132. The monoisotopic (exact) mass is 384 g/mol. The Balaban J connectivity index is 1.74. The number of halogens is 1. The van der Waals surface area contributed by atoms with Crippen molar-refractivity contribution in [3.63, 3.8) is 0 Å². The molecule has 27 heavy (non-hydrogen) atoms. The van der Waals surface area contributed by atoms with Crippen molar-refractivity contribution in [3.05, 3.63) is 71.3 Å². The van der Waals surface area contributed by atoms with Crippen LogP contribution in [-0.2, 0) is 9.84 Å². The molecular formula is C22H21FO3S. The Labute approximate surface area is 159 Å². The average molecular weight is 384 g/mol. The molecule has 0 saturated heterocycles. The van der Waals surface area contributed by atoms with Crippen LogP contribution < -0.4 is 4.74 Å². The van der Waals surface area contributed by atoms with Gasteiger partial charge >= 0.3 is 0 Å². The molecular weight excluding hydrogens is 363 g/mol. The predicted molar refractivity (Wildman–Crippen MR) is 105 cm³/mol. The van der Waals surface area contributed by atoms with Crippen molar-refractivity contribution >= 4 is 21.0 Å². The van der Waals surface area contributed by atoms with Gasteiger partial charge in [0, 0.05) is 5.41 Å². The summed E-state index contributed by atoms with van der Waals surface area (Å²) in [5.74, 6) is 0.852. The second-order valence-electron chi connectivity index (χ2n) is 7.28. The molecule has 0 radical (unpaired) electrons. The molecule has 1 saturated carbocycles. The Morgan fingerprint density at radius 1 is 1.00 bits per heavy atom. The number of allylic oxidation sites excluding steroid dienone is 4. The maximum absolute atomic E-state index is 12.7. The van der Waals surface area contributed by atoms with E-state index in [0.29, 0.717) is 0 Å². The first-order valence-corrected chi connectivity index (χ1v) is 10.5. The van der Waals surface area contributed by atoms with Gasteiger partial charge < -0.3 is 4.74 Å². The SMILES string of the molecule is COc1ccc(C2=CC3(C=C2c2ccc(S(=O)(=O)CF)cc2)CC3)cc1C. The molecule has 0 aromatic heterocycles. The fourth-order valence-electron chi connectivity index (χ4n) is 3.63. The smallest absolute Gasteiger partial charge is 0.207 e. The molecule has 2 aromatic rings. The zero-order valence-electron chi connectivity index (χ0n) is 15.3. The molecule has 0 heterocycles. The van der Waals surface area contributed by atoms with E-state index in [1.807, 2.05) is 13.0 Å². The first-order valence-electron chi connectivity index (χ1n) is 8.88. The third-order valence-electron chi connectivity index (χ3n) is 5.36. The quantitative estimate of drug-likeness (QED) is 0.731. The zero-order chi connectivity index (χ0) is 19.2. The molecule has 0 unspecified atom stereocenters.